The molecule has 0 saturated carbocycles. The van der Waals surface area contributed by atoms with E-state index in [1.54, 1.807) is 44.6 Å². The lowest BCUT2D eigenvalue weighted by atomic mass is 9.86. The Hall–Kier alpha value is -5.77. The van der Waals surface area contributed by atoms with Gasteiger partial charge in [-0.25, -0.2) is 0 Å². The molecule has 0 spiro atoms. The number of benzene rings is 5. The van der Waals surface area contributed by atoms with Gasteiger partial charge in [0.05, 0.1) is 35.5 Å². The van der Waals surface area contributed by atoms with Gasteiger partial charge in [0.1, 0.15) is 22.7 Å². The van der Waals surface area contributed by atoms with Crippen molar-refractivity contribution in [3.8, 4) is 57.1 Å². The van der Waals surface area contributed by atoms with Crippen molar-refractivity contribution >= 4 is 32.7 Å². The third-order valence-electron chi connectivity index (χ3n) is 7.93. The summed E-state index contributed by atoms with van der Waals surface area (Å²) >= 11 is 0. The predicted molar refractivity (Wildman–Crippen MR) is 170 cm³/mol. The fourth-order valence-electron chi connectivity index (χ4n) is 5.79. The van der Waals surface area contributed by atoms with Crippen LogP contribution in [0.3, 0.4) is 0 Å². The summed E-state index contributed by atoms with van der Waals surface area (Å²) in [6.45, 7) is 0. The number of phenolic OH excluding ortho intramolecular Hbond substituents is 3. The zero-order chi connectivity index (χ0) is 32.0. The van der Waals surface area contributed by atoms with Crippen LogP contribution in [-0.2, 0) is 6.42 Å². The molecule has 10 nitrogen and oxygen atoms in total. The summed E-state index contributed by atoms with van der Waals surface area (Å²) in [6.07, 6.45) is 0.279. The van der Waals surface area contributed by atoms with Gasteiger partial charge in [-0.05, 0) is 58.5 Å². The molecular weight excluding hydrogens is 580 g/mol. The number of rotatable bonds is 8. The van der Waals surface area contributed by atoms with Gasteiger partial charge < -0.3 is 43.4 Å². The first-order valence-corrected chi connectivity index (χ1v) is 13.8. The highest BCUT2D eigenvalue weighted by Crippen LogP contribution is 2.47. The van der Waals surface area contributed by atoms with Gasteiger partial charge in [-0.1, -0.05) is 12.1 Å². The molecule has 6 rings (SSSR count). The van der Waals surface area contributed by atoms with Crippen LogP contribution in [0.15, 0.2) is 69.9 Å². The largest absolute Gasteiger partial charge is 0.504 e. The van der Waals surface area contributed by atoms with Gasteiger partial charge in [-0.2, -0.15) is 0 Å². The lowest BCUT2D eigenvalue weighted by Gasteiger charge is -2.21. The maximum absolute atomic E-state index is 13.5. The Balaban J connectivity index is 1.87. The molecule has 0 unspecified atom stereocenters. The van der Waals surface area contributed by atoms with Gasteiger partial charge in [0, 0.05) is 40.3 Å². The zero-order valence-electron chi connectivity index (χ0n) is 25.2. The topological polar surface area (TPSA) is 137 Å². The highest BCUT2D eigenvalue weighted by Gasteiger charge is 2.26. The minimum absolute atomic E-state index is 0.0347. The molecule has 10 heteroatoms. The molecule has 1 aromatic heterocycles. The van der Waals surface area contributed by atoms with E-state index >= 15 is 0 Å². The van der Waals surface area contributed by atoms with Gasteiger partial charge in [-0.15, -0.1) is 0 Å². The first kappa shape index (κ1) is 29.3. The summed E-state index contributed by atoms with van der Waals surface area (Å²) in [5.74, 6) is 0.812. The number of fused-ring (bicyclic) bond motifs is 4. The van der Waals surface area contributed by atoms with Crippen LogP contribution in [0.4, 0.5) is 0 Å². The van der Waals surface area contributed by atoms with Gasteiger partial charge in [0.25, 0.3) is 5.43 Å². The molecule has 1 heterocycles. The second-order valence-electron chi connectivity index (χ2n) is 10.3. The second kappa shape index (κ2) is 11.4. The van der Waals surface area contributed by atoms with Crippen LogP contribution in [0.2, 0.25) is 0 Å². The van der Waals surface area contributed by atoms with E-state index in [2.05, 4.69) is 0 Å². The Bertz CT molecular complexity index is 2180. The minimum Gasteiger partial charge on any atom is -0.504 e. The number of aromatic hydroxyl groups is 3. The molecule has 0 amide bonds. The molecule has 0 aliphatic heterocycles. The number of hydrogen-bond donors (Lipinski definition) is 3. The molecule has 3 N–H and O–H groups in total. The Morgan fingerprint density at radius 2 is 1.40 bits per heavy atom. The van der Waals surface area contributed by atoms with Gasteiger partial charge in [0.15, 0.2) is 34.5 Å². The Morgan fingerprint density at radius 1 is 0.667 bits per heavy atom. The van der Waals surface area contributed by atoms with Crippen molar-refractivity contribution in [1.82, 2.24) is 0 Å². The molecule has 5 aromatic carbocycles. The molecule has 6 aromatic rings. The SMILES string of the molecule is COc1ccc(Cc2c(-c3ccc(O)c(OC)c3)c3cc(OC)c(=O)c(OC)c3c3cc4cc(O)c(O)cc4oc23)c(OC)c1. The molecule has 0 bridgehead atoms. The minimum atomic E-state index is -0.457. The van der Waals surface area contributed by atoms with E-state index in [0.717, 1.165) is 5.56 Å². The molecule has 0 radical (unpaired) electrons. The first-order valence-electron chi connectivity index (χ1n) is 13.8. The van der Waals surface area contributed by atoms with Crippen molar-refractivity contribution in [3.05, 3.63) is 82.0 Å². The van der Waals surface area contributed by atoms with Crippen molar-refractivity contribution in [2.75, 3.05) is 35.5 Å². The van der Waals surface area contributed by atoms with Gasteiger partial charge in [-0.3, -0.25) is 4.79 Å². The summed E-state index contributed by atoms with van der Waals surface area (Å²) in [6, 6.07) is 16.6. The predicted octanol–water partition coefficient (Wildman–Crippen LogP) is 6.52. The standard InChI is InChI=1S/C35H30O10/c1-40-20-8-6-17(27(14-20)41-2)10-22-31(18-7-9-24(36)29(13-18)42-3)21-15-30(43-4)33(39)35(44-5)32(21)23-11-19-12-25(37)26(38)16-28(19)45-34(22)23/h6-9,11-16,36-38H,10H2,1-5H3. The van der Waals surface area contributed by atoms with Crippen molar-refractivity contribution < 1.29 is 43.4 Å². The highest BCUT2D eigenvalue weighted by molar-refractivity contribution is 6.19. The van der Waals surface area contributed by atoms with E-state index in [-0.39, 0.29) is 40.9 Å². The lowest BCUT2D eigenvalue weighted by molar-refractivity contribution is 0.373. The lowest BCUT2D eigenvalue weighted by Crippen LogP contribution is -2.10. The van der Waals surface area contributed by atoms with Crippen molar-refractivity contribution in [3.63, 3.8) is 0 Å². The second-order valence-corrected chi connectivity index (χ2v) is 10.3. The summed E-state index contributed by atoms with van der Waals surface area (Å²) in [5, 5.41) is 33.1. The van der Waals surface area contributed by atoms with Crippen LogP contribution in [0, 0.1) is 0 Å². The van der Waals surface area contributed by atoms with Crippen LogP contribution in [-0.4, -0.2) is 50.9 Å². The normalized spacial score (nSPS) is 11.2. The Kier molecular flexibility index (Phi) is 7.41. The third kappa shape index (κ3) is 4.80. The number of hydrogen-bond acceptors (Lipinski definition) is 10. The molecule has 0 atom stereocenters. The van der Waals surface area contributed by atoms with Gasteiger partial charge in [0.2, 0.25) is 0 Å². The third-order valence-corrected chi connectivity index (χ3v) is 7.93. The van der Waals surface area contributed by atoms with E-state index in [1.807, 2.05) is 12.1 Å². The molecule has 45 heavy (non-hydrogen) atoms. The quantitative estimate of drug-likeness (QED) is 0.0993. The van der Waals surface area contributed by atoms with Crippen molar-refractivity contribution in [2.45, 2.75) is 6.42 Å². The maximum atomic E-state index is 13.5. The van der Waals surface area contributed by atoms with E-state index in [9.17, 15) is 20.1 Å². The summed E-state index contributed by atoms with van der Waals surface area (Å²) in [5.41, 5.74) is 3.01. The van der Waals surface area contributed by atoms with Crippen LogP contribution in [0.5, 0.6) is 46.0 Å². The molecule has 230 valence electrons. The fraction of sp³-hybridized carbons (Fsp3) is 0.171. The first-order chi connectivity index (χ1) is 21.7. The maximum Gasteiger partial charge on any atom is 0.262 e. The highest BCUT2D eigenvalue weighted by atomic mass is 16.5. The van der Waals surface area contributed by atoms with Gasteiger partial charge >= 0.3 is 0 Å². The van der Waals surface area contributed by atoms with Crippen molar-refractivity contribution in [2.24, 2.45) is 0 Å². The number of ether oxygens (including phenoxy) is 5. The molecular formula is C35H30O10. The smallest absolute Gasteiger partial charge is 0.262 e. The average Bonchev–Trinajstić information content (AvgIpc) is 3.05. The van der Waals surface area contributed by atoms with E-state index in [4.69, 9.17) is 28.1 Å². The Morgan fingerprint density at radius 3 is 2.09 bits per heavy atom. The van der Waals surface area contributed by atoms with Crippen LogP contribution >= 0.6 is 0 Å². The van der Waals surface area contributed by atoms with E-state index in [1.165, 1.54) is 39.5 Å². The van der Waals surface area contributed by atoms with E-state index < -0.39 is 5.43 Å². The number of phenols is 3. The Labute approximate surface area is 257 Å². The van der Waals surface area contributed by atoms with Crippen molar-refractivity contribution in [1.29, 1.82) is 0 Å². The van der Waals surface area contributed by atoms with Crippen LogP contribution < -0.4 is 29.1 Å². The molecule has 0 saturated heterocycles. The summed E-state index contributed by atoms with van der Waals surface area (Å²) < 4.78 is 34.4. The summed E-state index contributed by atoms with van der Waals surface area (Å²) in [7, 11) is 7.42. The zero-order valence-corrected chi connectivity index (χ0v) is 25.2. The van der Waals surface area contributed by atoms with Crippen LogP contribution in [0.25, 0.3) is 43.8 Å². The molecule has 0 aliphatic rings. The molecule has 0 aliphatic carbocycles. The van der Waals surface area contributed by atoms with E-state index in [0.29, 0.717) is 60.9 Å². The average molecular weight is 611 g/mol. The summed E-state index contributed by atoms with van der Waals surface area (Å²) in [4.78, 5) is 13.5. The molecule has 0 fully saturated rings. The monoisotopic (exact) mass is 610 g/mol. The van der Waals surface area contributed by atoms with Crippen LogP contribution in [0.1, 0.15) is 11.1 Å². The number of methoxy groups -OCH3 is 5. The fourth-order valence-corrected chi connectivity index (χ4v) is 5.79.